The number of hydrogen-bond donors (Lipinski definition) is 1. The highest BCUT2D eigenvalue weighted by molar-refractivity contribution is 9.10. The number of hydrogen-bond acceptors (Lipinski definition) is 1. The van der Waals surface area contributed by atoms with E-state index in [4.69, 9.17) is 0 Å². The molecule has 1 N–H and O–H groups in total. The monoisotopic (exact) mass is 313 g/mol. The minimum Gasteiger partial charge on any atom is -0.313 e. The molecule has 1 saturated carbocycles. The summed E-state index contributed by atoms with van der Waals surface area (Å²) >= 11 is 3.28. The van der Waals surface area contributed by atoms with Gasteiger partial charge in [-0.25, -0.2) is 4.39 Å². The SMILES string of the molecule is CNC(c1ccc(F)c(Br)c1)C1CCCCCC1. The standard InChI is InChI=1S/C15H21BrFN/c1-18-15(11-6-4-2-3-5-7-11)12-8-9-14(17)13(16)10-12/h8-11,15,18H,2-7H2,1H3. The molecule has 0 radical (unpaired) electrons. The fourth-order valence-electron chi connectivity index (χ4n) is 3.02. The second kappa shape index (κ2) is 6.67. The molecule has 1 aliphatic rings. The van der Waals surface area contributed by atoms with Crippen LogP contribution in [0.15, 0.2) is 22.7 Å². The van der Waals surface area contributed by atoms with Crippen LogP contribution in [0.25, 0.3) is 0 Å². The Morgan fingerprint density at radius 3 is 2.44 bits per heavy atom. The summed E-state index contributed by atoms with van der Waals surface area (Å²) in [6.45, 7) is 0. The van der Waals surface area contributed by atoms with Gasteiger partial charge in [0.05, 0.1) is 4.47 Å². The van der Waals surface area contributed by atoms with E-state index >= 15 is 0 Å². The van der Waals surface area contributed by atoms with Gasteiger partial charge in [-0.1, -0.05) is 31.7 Å². The first-order valence-electron chi connectivity index (χ1n) is 6.84. The molecule has 0 aromatic heterocycles. The Bertz CT molecular complexity index is 386. The van der Waals surface area contributed by atoms with Gasteiger partial charge in [0.25, 0.3) is 0 Å². The molecule has 3 heteroatoms. The summed E-state index contributed by atoms with van der Waals surface area (Å²) in [5.74, 6) is 0.490. The molecular weight excluding hydrogens is 293 g/mol. The van der Waals surface area contributed by atoms with Crippen molar-refractivity contribution < 1.29 is 4.39 Å². The quantitative estimate of drug-likeness (QED) is 0.789. The molecule has 1 aromatic carbocycles. The van der Waals surface area contributed by atoms with Crippen LogP contribution in [0.5, 0.6) is 0 Å². The highest BCUT2D eigenvalue weighted by Gasteiger charge is 2.23. The number of benzene rings is 1. The van der Waals surface area contributed by atoms with E-state index in [0.717, 1.165) is 0 Å². The van der Waals surface area contributed by atoms with Crippen molar-refractivity contribution in [2.45, 2.75) is 44.6 Å². The summed E-state index contributed by atoms with van der Waals surface area (Å²) in [7, 11) is 2.01. The molecule has 0 saturated heterocycles. The Labute approximate surface area is 117 Å². The third kappa shape index (κ3) is 3.33. The van der Waals surface area contributed by atoms with Crippen LogP contribution in [-0.4, -0.2) is 7.05 Å². The highest BCUT2D eigenvalue weighted by atomic mass is 79.9. The number of rotatable bonds is 3. The van der Waals surface area contributed by atoms with E-state index in [1.165, 1.54) is 44.1 Å². The molecule has 0 heterocycles. The van der Waals surface area contributed by atoms with Crippen LogP contribution in [0.1, 0.15) is 50.1 Å². The van der Waals surface area contributed by atoms with Gasteiger partial charge in [-0.3, -0.25) is 0 Å². The van der Waals surface area contributed by atoms with E-state index in [1.54, 1.807) is 6.07 Å². The van der Waals surface area contributed by atoms with Crippen LogP contribution in [0.4, 0.5) is 4.39 Å². The van der Waals surface area contributed by atoms with Gasteiger partial charge in [-0.05, 0) is 59.4 Å². The Kier molecular flexibility index (Phi) is 5.19. The smallest absolute Gasteiger partial charge is 0.137 e. The molecule has 0 amide bonds. The third-order valence-corrected chi connectivity index (χ3v) is 4.59. The summed E-state index contributed by atoms with van der Waals surface area (Å²) in [5.41, 5.74) is 1.19. The Morgan fingerprint density at radius 2 is 1.89 bits per heavy atom. The molecule has 1 aliphatic carbocycles. The van der Waals surface area contributed by atoms with E-state index in [-0.39, 0.29) is 5.82 Å². The summed E-state index contributed by atoms with van der Waals surface area (Å²) in [4.78, 5) is 0. The summed E-state index contributed by atoms with van der Waals surface area (Å²) in [6, 6.07) is 5.73. The average molecular weight is 314 g/mol. The number of halogens is 2. The molecule has 1 nitrogen and oxygen atoms in total. The molecule has 1 fully saturated rings. The van der Waals surface area contributed by atoms with E-state index in [9.17, 15) is 4.39 Å². The molecule has 1 aromatic rings. The van der Waals surface area contributed by atoms with Crippen molar-refractivity contribution in [3.63, 3.8) is 0 Å². The summed E-state index contributed by atoms with van der Waals surface area (Å²) in [5, 5.41) is 3.42. The second-order valence-corrected chi connectivity index (χ2v) is 6.05. The zero-order valence-corrected chi connectivity index (χ0v) is 12.5. The van der Waals surface area contributed by atoms with Crippen molar-refractivity contribution in [2.75, 3.05) is 7.05 Å². The predicted octanol–water partition coefficient (Wildman–Crippen LogP) is 4.82. The molecular formula is C15H21BrFN. The van der Waals surface area contributed by atoms with Gasteiger partial charge in [0, 0.05) is 6.04 Å². The maximum atomic E-state index is 13.3. The highest BCUT2D eigenvalue weighted by Crippen LogP contribution is 2.34. The van der Waals surface area contributed by atoms with Crippen molar-refractivity contribution in [2.24, 2.45) is 5.92 Å². The lowest BCUT2D eigenvalue weighted by molar-refractivity contribution is 0.341. The maximum Gasteiger partial charge on any atom is 0.137 e. The minimum absolute atomic E-state index is 0.186. The van der Waals surface area contributed by atoms with Crippen LogP contribution in [0.2, 0.25) is 0 Å². The van der Waals surface area contributed by atoms with E-state index in [2.05, 4.69) is 21.2 Å². The zero-order chi connectivity index (χ0) is 13.0. The van der Waals surface area contributed by atoms with Crippen molar-refractivity contribution in [1.29, 1.82) is 0 Å². The van der Waals surface area contributed by atoms with E-state index in [0.29, 0.717) is 16.4 Å². The van der Waals surface area contributed by atoms with Crippen LogP contribution < -0.4 is 5.32 Å². The van der Waals surface area contributed by atoms with Gasteiger partial charge in [-0.2, -0.15) is 0 Å². The van der Waals surface area contributed by atoms with Crippen LogP contribution >= 0.6 is 15.9 Å². The van der Waals surface area contributed by atoms with Gasteiger partial charge in [0.15, 0.2) is 0 Å². The largest absolute Gasteiger partial charge is 0.313 e. The lowest BCUT2D eigenvalue weighted by Crippen LogP contribution is -2.25. The zero-order valence-electron chi connectivity index (χ0n) is 10.9. The predicted molar refractivity (Wildman–Crippen MR) is 77.1 cm³/mol. The fourth-order valence-corrected chi connectivity index (χ4v) is 3.42. The van der Waals surface area contributed by atoms with Gasteiger partial charge >= 0.3 is 0 Å². The average Bonchev–Trinajstić information content (AvgIpc) is 2.64. The first kappa shape index (κ1) is 14.0. The summed E-state index contributed by atoms with van der Waals surface area (Å²) in [6.07, 6.45) is 7.93. The molecule has 1 unspecified atom stereocenters. The first-order valence-corrected chi connectivity index (χ1v) is 7.64. The Balaban J connectivity index is 2.17. The second-order valence-electron chi connectivity index (χ2n) is 5.19. The number of nitrogens with one attached hydrogen (secondary N) is 1. The van der Waals surface area contributed by atoms with Crippen LogP contribution in [0, 0.1) is 11.7 Å². The van der Waals surface area contributed by atoms with Crippen molar-refractivity contribution >= 4 is 15.9 Å². The fraction of sp³-hybridized carbons (Fsp3) is 0.600. The molecule has 0 spiro atoms. The van der Waals surface area contributed by atoms with Crippen molar-refractivity contribution in [3.05, 3.63) is 34.1 Å². The maximum absolute atomic E-state index is 13.3. The molecule has 2 rings (SSSR count). The molecule has 0 bridgehead atoms. The molecule has 0 aliphatic heterocycles. The van der Waals surface area contributed by atoms with Crippen molar-refractivity contribution in [3.8, 4) is 0 Å². The van der Waals surface area contributed by atoms with Crippen molar-refractivity contribution in [1.82, 2.24) is 5.32 Å². The van der Waals surface area contributed by atoms with Crippen LogP contribution in [0.3, 0.4) is 0 Å². The van der Waals surface area contributed by atoms with E-state index < -0.39 is 0 Å². The topological polar surface area (TPSA) is 12.0 Å². The lowest BCUT2D eigenvalue weighted by Gasteiger charge is -2.26. The molecule has 1 atom stereocenters. The normalized spacial score (nSPS) is 19.5. The van der Waals surface area contributed by atoms with Crippen LogP contribution in [-0.2, 0) is 0 Å². The lowest BCUT2D eigenvalue weighted by atomic mass is 9.87. The Hall–Kier alpha value is -0.410. The van der Waals surface area contributed by atoms with Gasteiger partial charge in [0.2, 0.25) is 0 Å². The Morgan fingerprint density at radius 1 is 1.22 bits per heavy atom. The minimum atomic E-state index is -0.186. The third-order valence-electron chi connectivity index (χ3n) is 3.99. The molecule has 100 valence electrons. The van der Waals surface area contributed by atoms with Gasteiger partial charge in [0.1, 0.15) is 5.82 Å². The van der Waals surface area contributed by atoms with Gasteiger partial charge < -0.3 is 5.32 Å². The van der Waals surface area contributed by atoms with E-state index in [1.807, 2.05) is 19.2 Å². The summed E-state index contributed by atoms with van der Waals surface area (Å²) < 4.78 is 13.9. The first-order chi connectivity index (χ1) is 8.72. The van der Waals surface area contributed by atoms with Gasteiger partial charge in [-0.15, -0.1) is 0 Å². The molecule has 18 heavy (non-hydrogen) atoms.